The molecule has 0 aliphatic heterocycles. The van der Waals surface area contributed by atoms with Gasteiger partial charge in [0.05, 0.1) is 30.0 Å². The Bertz CT molecular complexity index is 1220. The highest BCUT2D eigenvalue weighted by molar-refractivity contribution is 5.90. The Morgan fingerprint density at radius 3 is 2.48 bits per heavy atom. The van der Waals surface area contributed by atoms with Crippen molar-refractivity contribution in [3.05, 3.63) is 92.8 Å². The van der Waals surface area contributed by atoms with E-state index in [9.17, 15) is 20.0 Å². The third kappa shape index (κ3) is 4.70. The molecule has 1 heterocycles. The lowest BCUT2D eigenvalue weighted by Gasteiger charge is -2.14. The number of ether oxygens (including phenoxy) is 1. The largest absolute Gasteiger partial charge is 0.494 e. The fourth-order valence-electron chi connectivity index (χ4n) is 3.08. The second-order valence-corrected chi connectivity index (χ2v) is 6.75. The molecule has 0 unspecified atom stereocenters. The first-order valence-electron chi connectivity index (χ1n) is 9.67. The van der Waals surface area contributed by atoms with E-state index in [4.69, 9.17) is 4.74 Å². The maximum absolute atomic E-state index is 12.7. The van der Waals surface area contributed by atoms with Gasteiger partial charge in [-0.05, 0) is 49.2 Å². The minimum absolute atomic E-state index is 0.0483. The van der Waals surface area contributed by atoms with Crippen molar-refractivity contribution in [3.63, 3.8) is 0 Å². The quantitative estimate of drug-likeness (QED) is 0.488. The monoisotopic (exact) mass is 415 g/mol. The highest BCUT2D eigenvalue weighted by atomic mass is 16.5. The number of nitrogens with zero attached hydrogens (tertiary/aromatic N) is 3. The van der Waals surface area contributed by atoms with Gasteiger partial charge < -0.3 is 9.84 Å². The number of aromatic hydroxyl groups is 1. The van der Waals surface area contributed by atoms with E-state index in [0.29, 0.717) is 16.8 Å². The molecule has 156 valence electrons. The van der Waals surface area contributed by atoms with Crippen LogP contribution in [0.25, 0.3) is 0 Å². The number of aliphatic imine (C=N–C) groups is 1. The van der Waals surface area contributed by atoms with Gasteiger partial charge in [0.2, 0.25) is 5.88 Å². The summed E-state index contributed by atoms with van der Waals surface area (Å²) in [5.74, 6) is -0.685. The van der Waals surface area contributed by atoms with Crippen LogP contribution >= 0.6 is 0 Å². The lowest BCUT2D eigenvalue weighted by Crippen LogP contribution is -2.25. The number of nitriles is 1. The average molecular weight is 415 g/mol. The third-order valence-electron chi connectivity index (χ3n) is 4.75. The van der Waals surface area contributed by atoms with E-state index in [0.717, 1.165) is 10.1 Å². The Kier molecular flexibility index (Phi) is 6.63. The number of hydrogen-bond acceptors (Lipinski definition) is 6. The van der Waals surface area contributed by atoms with Crippen molar-refractivity contribution in [2.45, 2.75) is 20.4 Å². The van der Waals surface area contributed by atoms with Crippen LogP contribution in [0.2, 0.25) is 0 Å². The molecular weight excluding hydrogens is 394 g/mol. The summed E-state index contributed by atoms with van der Waals surface area (Å²) in [6, 6.07) is 17.6. The fourth-order valence-corrected chi connectivity index (χ4v) is 3.08. The number of carbonyl (C=O) groups excluding carboxylic acids is 1. The van der Waals surface area contributed by atoms with Crippen molar-refractivity contribution in [2.75, 3.05) is 6.61 Å². The second kappa shape index (κ2) is 9.55. The molecule has 3 rings (SSSR count). The van der Waals surface area contributed by atoms with Crippen molar-refractivity contribution in [1.82, 2.24) is 4.57 Å². The van der Waals surface area contributed by atoms with Crippen LogP contribution in [-0.4, -0.2) is 28.5 Å². The number of rotatable bonds is 6. The standard InChI is InChI=1S/C24H21N3O4/c1-3-31-24(30)18-9-11-19(12-10-18)26-14-21-16(2)20(13-25)22(28)27(23(21)29)15-17-7-5-4-6-8-17/h4-12,14,29H,3,15H2,1-2H3. The minimum Gasteiger partial charge on any atom is -0.494 e. The zero-order chi connectivity index (χ0) is 22.4. The summed E-state index contributed by atoms with van der Waals surface area (Å²) in [6.07, 6.45) is 1.41. The number of hydrogen-bond donors (Lipinski definition) is 1. The summed E-state index contributed by atoms with van der Waals surface area (Å²) in [7, 11) is 0. The summed E-state index contributed by atoms with van der Waals surface area (Å²) in [5.41, 5.74) is 1.77. The molecule has 1 N–H and O–H groups in total. The molecule has 0 atom stereocenters. The molecule has 0 radical (unpaired) electrons. The predicted molar refractivity (Wildman–Crippen MR) is 117 cm³/mol. The van der Waals surface area contributed by atoms with Gasteiger partial charge in [0.15, 0.2) is 0 Å². The first kappa shape index (κ1) is 21.5. The maximum Gasteiger partial charge on any atom is 0.338 e. The molecule has 3 aromatic rings. The summed E-state index contributed by atoms with van der Waals surface area (Å²) in [6.45, 7) is 3.74. The summed E-state index contributed by atoms with van der Waals surface area (Å²) in [4.78, 5) is 28.8. The fraction of sp³-hybridized carbons (Fsp3) is 0.167. The van der Waals surface area contributed by atoms with Crippen LogP contribution in [0.5, 0.6) is 5.88 Å². The van der Waals surface area contributed by atoms with E-state index < -0.39 is 11.5 Å². The van der Waals surface area contributed by atoms with E-state index in [2.05, 4.69) is 4.99 Å². The molecule has 0 fully saturated rings. The molecule has 0 amide bonds. The highest BCUT2D eigenvalue weighted by Crippen LogP contribution is 2.22. The zero-order valence-corrected chi connectivity index (χ0v) is 17.2. The molecule has 0 saturated carbocycles. The van der Waals surface area contributed by atoms with Crippen LogP contribution in [0.4, 0.5) is 5.69 Å². The molecular formula is C24H21N3O4. The van der Waals surface area contributed by atoms with Crippen LogP contribution in [0.1, 0.15) is 39.5 Å². The molecule has 0 aliphatic rings. The smallest absolute Gasteiger partial charge is 0.338 e. The van der Waals surface area contributed by atoms with Crippen molar-refractivity contribution in [1.29, 1.82) is 5.26 Å². The third-order valence-corrected chi connectivity index (χ3v) is 4.75. The van der Waals surface area contributed by atoms with E-state index >= 15 is 0 Å². The maximum atomic E-state index is 12.7. The second-order valence-electron chi connectivity index (χ2n) is 6.75. The van der Waals surface area contributed by atoms with Gasteiger partial charge in [-0.25, -0.2) is 4.79 Å². The number of aromatic nitrogens is 1. The SMILES string of the molecule is CCOC(=O)c1ccc(N=Cc2c(C)c(C#N)c(=O)n(Cc3ccccc3)c2O)cc1. The normalized spacial score (nSPS) is 10.7. The van der Waals surface area contributed by atoms with Gasteiger partial charge in [-0.1, -0.05) is 30.3 Å². The average Bonchev–Trinajstić information content (AvgIpc) is 2.78. The molecule has 7 nitrogen and oxygen atoms in total. The highest BCUT2D eigenvalue weighted by Gasteiger charge is 2.18. The van der Waals surface area contributed by atoms with Crippen molar-refractivity contribution in [3.8, 4) is 11.9 Å². The molecule has 0 spiro atoms. The van der Waals surface area contributed by atoms with Crippen molar-refractivity contribution in [2.24, 2.45) is 4.99 Å². The van der Waals surface area contributed by atoms with Crippen LogP contribution in [-0.2, 0) is 11.3 Å². The van der Waals surface area contributed by atoms with Gasteiger partial charge in [0.1, 0.15) is 11.6 Å². The molecule has 0 saturated heterocycles. The molecule has 0 bridgehead atoms. The summed E-state index contributed by atoms with van der Waals surface area (Å²) < 4.78 is 6.11. The number of esters is 1. The lowest BCUT2D eigenvalue weighted by atomic mass is 10.1. The van der Waals surface area contributed by atoms with Gasteiger partial charge in [-0.2, -0.15) is 5.26 Å². The Morgan fingerprint density at radius 2 is 1.87 bits per heavy atom. The van der Waals surface area contributed by atoms with E-state index in [-0.39, 0.29) is 30.2 Å². The minimum atomic E-state index is -0.558. The molecule has 1 aromatic heterocycles. The Morgan fingerprint density at radius 1 is 1.19 bits per heavy atom. The van der Waals surface area contributed by atoms with Crippen LogP contribution in [0.15, 0.2) is 64.4 Å². The van der Waals surface area contributed by atoms with Crippen LogP contribution < -0.4 is 5.56 Å². The first-order chi connectivity index (χ1) is 15.0. The zero-order valence-electron chi connectivity index (χ0n) is 17.2. The van der Waals surface area contributed by atoms with Crippen molar-refractivity contribution < 1.29 is 14.6 Å². The summed E-state index contributed by atoms with van der Waals surface area (Å²) in [5, 5.41) is 20.3. The Balaban J connectivity index is 1.99. The number of pyridine rings is 1. The lowest BCUT2D eigenvalue weighted by molar-refractivity contribution is 0.0526. The molecule has 31 heavy (non-hydrogen) atoms. The van der Waals surface area contributed by atoms with Gasteiger partial charge >= 0.3 is 5.97 Å². The Hall–Kier alpha value is -4.18. The van der Waals surface area contributed by atoms with Gasteiger partial charge in [0.25, 0.3) is 5.56 Å². The molecule has 7 heteroatoms. The van der Waals surface area contributed by atoms with E-state index in [1.807, 2.05) is 36.4 Å². The van der Waals surface area contributed by atoms with Gasteiger partial charge in [-0.15, -0.1) is 0 Å². The first-order valence-corrected chi connectivity index (χ1v) is 9.67. The van der Waals surface area contributed by atoms with Gasteiger partial charge in [0, 0.05) is 6.21 Å². The van der Waals surface area contributed by atoms with Gasteiger partial charge in [-0.3, -0.25) is 14.4 Å². The predicted octanol–water partition coefficient (Wildman–Crippen LogP) is 3.71. The summed E-state index contributed by atoms with van der Waals surface area (Å²) >= 11 is 0. The van der Waals surface area contributed by atoms with E-state index in [1.165, 1.54) is 6.21 Å². The van der Waals surface area contributed by atoms with Crippen LogP contribution in [0, 0.1) is 18.3 Å². The Labute approximate surface area is 179 Å². The van der Waals surface area contributed by atoms with E-state index in [1.54, 1.807) is 38.1 Å². The number of benzene rings is 2. The molecule has 0 aliphatic carbocycles. The van der Waals surface area contributed by atoms with Crippen molar-refractivity contribution >= 4 is 17.9 Å². The van der Waals surface area contributed by atoms with Crippen LogP contribution in [0.3, 0.4) is 0 Å². The topological polar surface area (TPSA) is 105 Å². The molecule has 2 aromatic carbocycles. The number of carbonyl (C=O) groups is 1.